The first-order valence-electron chi connectivity index (χ1n) is 11.4. The van der Waals surface area contributed by atoms with Crippen LogP contribution < -0.4 is 15.5 Å². The molecule has 3 aromatic rings. The molecule has 0 amide bonds. The molecule has 0 aliphatic carbocycles. The second-order valence-electron chi connectivity index (χ2n) is 8.94. The van der Waals surface area contributed by atoms with Crippen LogP contribution in [-0.4, -0.2) is 69.5 Å². The molecule has 2 saturated heterocycles. The first-order chi connectivity index (χ1) is 15.6. The zero-order chi connectivity index (χ0) is 22.1. The van der Waals surface area contributed by atoms with Crippen LogP contribution in [0.2, 0.25) is 0 Å². The maximum atomic E-state index is 10.5. The van der Waals surface area contributed by atoms with Crippen molar-refractivity contribution in [3.8, 4) is 0 Å². The van der Waals surface area contributed by atoms with Gasteiger partial charge in [-0.3, -0.25) is 0 Å². The Balaban J connectivity index is 1.36. The largest absolute Gasteiger partial charge is 0.390 e. The maximum Gasteiger partial charge on any atom is 0.143 e. The lowest BCUT2D eigenvalue weighted by atomic mass is 9.89. The first kappa shape index (κ1) is 21.1. The summed E-state index contributed by atoms with van der Waals surface area (Å²) in [5.41, 5.74) is 2.75. The highest BCUT2D eigenvalue weighted by Gasteiger charge is 2.29. The van der Waals surface area contributed by atoms with Gasteiger partial charge in [0.05, 0.1) is 30.3 Å². The molecule has 0 aromatic carbocycles. The molecule has 0 bridgehead atoms. The lowest BCUT2D eigenvalue weighted by molar-refractivity contribution is -0.0201. The van der Waals surface area contributed by atoms with Gasteiger partial charge >= 0.3 is 0 Å². The van der Waals surface area contributed by atoms with Gasteiger partial charge in [0.25, 0.3) is 0 Å². The molecule has 3 aromatic heterocycles. The van der Waals surface area contributed by atoms with Gasteiger partial charge in [-0.1, -0.05) is 6.07 Å². The van der Waals surface area contributed by atoms with Gasteiger partial charge in [-0.05, 0) is 38.0 Å². The summed E-state index contributed by atoms with van der Waals surface area (Å²) in [6.07, 6.45) is 3.74. The highest BCUT2D eigenvalue weighted by molar-refractivity contribution is 5.90. The fraction of sp³-hybridized carbons (Fsp3) is 0.522. The summed E-state index contributed by atoms with van der Waals surface area (Å²) in [5, 5.41) is 18.4. The number of nitrogens with zero attached hydrogens (tertiary/aromatic N) is 4. The van der Waals surface area contributed by atoms with E-state index in [2.05, 4.69) is 56.5 Å². The molecule has 9 heteroatoms. The third-order valence-corrected chi connectivity index (χ3v) is 6.34. The molecular weight excluding hydrogens is 406 g/mol. The molecule has 2 aliphatic rings. The Hall–Kier alpha value is -2.75. The van der Waals surface area contributed by atoms with Crippen LogP contribution >= 0.6 is 0 Å². The van der Waals surface area contributed by atoms with Gasteiger partial charge in [0.2, 0.25) is 0 Å². The van der Waals surface area contributed by atoms with E-state index in [-0.39, 0.29) is 5.92 Å². The van der Waals surface area contributed by atoms with Crippen molar-refractivity contribution in [1.29, 1.82) is 0 Å². The van der Waals surface area contributed by atoms with Crippen molar-refractivity contribution in [2.45, 2.75) is 50.9 Å². The number of anilines is 2. The maximum absolute atomic E-state index is 10.5. The third-order valence-electron chi connectivity index (χ3n) is 6.34. The summed E-state index contributed by atoms with van der Waals surface area (Å²) in [7, 11) is 0. The van der Waals surface area contributed by atoms with Gasteiger partial charge < -0.3 is 30.4 Å². The number of aromatic nitrogens is 4. The van der Waals surface area contributed by atoms with Crippen molar-refractivity contribution >= 4 is 22.7 Å². The van der Waals surface area contributed by atoms with Crippen LogP contribution in [0.5, 0.6) is 0 Å². The summed E-state index contributed by atoms with van der Waals surface area (Å²) < 4.78 is 5.41. The number of fused-ring (bicyclic) bond motifs is 1. The van der Waals surface area contributed by atoms with Gasteiger partial charge in [-0.15, -0.1) is 0 Å². The Morgan fingerprint density at radius 1 is 1.22 bits per heavy atom. The van der Waals surface area contributed by atoms with E-state index in [1.165, 1.54) is 0 Å². The molecule has 0 radical (unpaired) electrons. The summed E-state index contributed by atoms with van der Waals surface area (Å²) in [5.74, 6) is 1.76. The Kier molecular flexibility index (Phi) is 5.95. The number of ether oxygens (including phenoxy) is 1. The highest BCUT2D eigenvalue weighted by Crippen LogP contribution is 2.35. The Morgan fingerprint density at radius 2 is 2.06 bits per heavy atom. The second kappa shape index (κ2) is 9.01. The minimum Gasteiger partial charge on any atom is -0.390 e. The van der Waals surface area contributed by atoms with E-state index in [1.807, 2.05) is 12.3 Å². The van der Waals surface area contributed by atoms with E-state index in [0.717, 1.165) is 53.4 Å². The number of aromatic amines is 1. The second-order valence-corrected chi connectivity index (χ2v) is 8.94. The van der Waals surface area contributed by atoms with Gasteiger partial charge in [-0.25, -0.2) is 15.0 Å². The molecule has 0 spiro atoms. The lowest BCUT2D eigenvalue weighted by Crippen LogP contribution is -2.54. The molecule has 9 nitrogen and oxygen atoms in total. The van der Waals surface area contributed by atoms with Crippen LogP contribution in [0.4, 0.5) is 11.6 Å². The minimum atomic E-state index is -0.530. The van der Waals surface area contributed by atoms with Crippen LogP contribution in [0.1, 0.15) is 37.4 Å². The van der Waals surface area contributed by atoms with Crippen LogP contribution in [0.15, 0.2) is 30.7 Å². The number of aliphatic hydroxyl groups is 1. The molecule has 4 atom stereocenters. The highest BCUT2D eigenvalue weighted by atomic mass is 16.5. The van der Waals surface area contributed by atoms with Crippen LogP contribution in [0.25, 0.3) is 11.0 Å². The quantitative estimate of drug-likeness (QED) is 0.480. The van der Waals surface area contributed by atoms with Crippen LogP contribution in [0, 0.1) is 0 Å². The van der Waals surface area contributed by atoms with Crippen molar-refractivity contribution in [3.05, 3.63) is 42.0 Å². The predicted molar refractivity (Wildman–Crippen MR) is 124 cm³/mol. The van der Waals surface area contributed by atoms with E-state index >= 15 is 0 Å². The van der Waals surface area contributed by atoms with E-state index in [0.29, 0.717) is 31.8 Å². The molecule has 4 N–H and O–H groups in total. The summed E-state index contributed by atoms with van der Waals surface area (Å²) in [4.78, 5) is 19.4. The molecule has 5 heterocycles. The molecule has 170 valence electrons. The van der Waals surface area contributed by atoms with Gasteiger partial charge in [0, 0.05) is 43.9 Å². The smallest absolute Gasteiger partial charge is 0.143 e. The number of aliphatic hydroxyl groups excluding tert-OH is 1. The number of hydrogen-bond acceptors (Lipinski definition) is 8. The number of piperazine rings is 1. The molecule has 0 unspecified atom stereocenters. The van der Waals surface area contributed by atoms with E-state index in [9.17, 15) is 5.11 Å². The predicted octanol–water partition coefficient (Wildman–Crippen LogP) is 2.02. The summed E-state index contributed by atoms with van der Waals surface area (Å²) >= 11 is 0. The first-order valence-corrected chi connectivity index (χ1v) is 11.4. The van der Waals surface area contributed by atoms with E-state index < -0.39 is 6.10 Å². The average Bonchev–Trinajstić information content (AvgIpc) is 3.22. The Labute approximate surface area is 187 Å². The SMILES string of the molecule is C[C@@H]1CN(c2cccc(CNc3ncnc4[nH]cc([C@H]5CCOC[C@H]5O)c34)n2)C[C@H](C)N1. The Bertz CT molecular complexity index is 1060. The zero-order valence-corrected chi connectivity index (χ0v) is 18.6. The number of nitrogens with one attached hydrogen (secondary N) is 3. The average molecular weight is 438 g/mol. The lowest BCUT2D eigenvalue weighted by Gasteiger charge is -2.37. The van der Waals surface area contributed by atoms with Gasteiger partial charge in [-0.2, -0.15) is 0 Å². The standard InChI is InChI=1S/C23H31N7O2/c1-14-10-30(11-15(2)28-14)20-5-3-4-16(29-20)8-24-22-21-18(9-25-23(21)27-13-26-22)17-6-7-32-12-19(17)31/h3-5,9,13-15,17,19,28,31H,6-8,10-12H2,1-2H3,(H2,24,25,26,27)/t14-,15+,17-,19-/m1/s1. The molecular formula is C23H31N7O2. The van der Waals surface area contributed by atoms with Crippen LogP contribution in [-0.2, 0) is 11.3 Å². The molecule has 2 aliphatic heterocycles. The van der Waals surface area contributed by atoms with Crippen LogP contribution in [0.3, 0.4) is 0 Å². The topological polar surface area (TPSA) is 111 Å². The van der Waals surface area contributed by atoms with Crippen molar-refractivity contribution in [2.75, 3.05) is 36.5 Å². The summed E-state index contributed by atoms with van der Waals surface area (Å²) in [6.45, 7) is 7.86. The molecule has 32 heavy (non-hydrogen) atoms. The van der Waals surface area contributed by atoms with Crippen molar-refractivity contribution in [2.24, 2.45) is 0 Å². The third kappa shape index (κ3) is 4.28. The van der Waals surface area contributed by atoms with Crippen molar-refractivity contribution in [3.63, 3.8) is 0 Å². The van der Waals surface area contributed by atoms with Gasteiger partial charge in [0.1, 0.15) is 23.6 Å². The zero-order valence-electron chi connectivity index (χ0n) is 18.6. The number of rotatable bonds is 5. The number of H-pyrrole nitrogens is 1. The normalized spacial score (nSPS) is 26.4. The number of pyridine rings is 1. The molecule has 2 fully saturated rings. The summed E-state index contributed by atoms with van der Waals surface area (Å²) in [6, 6.07) is 7.04. The molecule has 0 saturated carbocycles. The Morgan fingerprint density at radius 3 is 2.88 bits per heavy atom. The molecule has 5 rings (SSSR count). The number of hydrogen-bond donors (Lipinski definition) is 4. The fourth-order valence-corrected chi connectivity index (χ4v) is 4.93. The van der Waals surface area contributed by atoms with Crippen molar-refractivity contribution in [1.82, 2.24) is 25.3 Å². The van der Waals surface area contributed by atoms with E-state index in [1.54, 1.807) is 6.33 Å². The minimum absolute atomic E-state index is 0.00203. The monoisotopic (exact) mass is 437 g/mol. The van der Waals surface area contributed by atoms with Gasteiger partial charge in [0.15, 0.2) is 0 Å². The van der Waals surface area contributed by atoms with E-state index in [4.69, 9.17) is 9.72 Å². The van der Waals surface area contributed by atoms with Crippen molar-refractivity contribution < 1.29 is 9.84 Å². The fourth-order valence-electron chi connectivity index (χ4n) is 4.93.